The molecule has 0 aliphatic carbocycles. The lowest BCUT2D eigenvalue weighted by atomic mass is 9.94. The number of nitrogens with one attached hydrogen (secondary N) is 1. The minimum Gasteiger partial charge on any atom is -0.375 e. The molecule has 1 atom stereocenters. The van der Waals surface area contributed by atoms with Crippen LogP contribution in [0.1, 0.15) is 34.8 Å². The van der Waals surface area contributed by atoms with E-state index in [-0.39, 0.29) is 24.3 Å². The van der Waals surface area contributed by atoms with Crippen LogP contribution in [0.25, 0.3) is 5.65 Å². The molecule has 0 bridgehead atoms. The molecule has 0 spiro atoms. The van der Waals surface area contributed by atoms with Crippen LogP contribution in [-0.4, -0.2) is 65.2 Å². The molecule has 0 aromatic carbocycles. The van der Waals surface area contributed by atoms with Gasteiger partial charge in [0.2, 0.25) is 5.91 Å². The molecule has 8 heteroatoms. The van der Waals surface area contributed by atoms with Gasteiger partial charge in [-0.15, -0.1) is 0 Å². The molecule has 0 unspecified atom stereocenters. The van der Waals surface area contributed by atoms with Gasteiger partial charge >= 0.3 is 0 Å². The first-order valence-electron chi connectivity index (χ1n) is 7.97. The maximum atomic E-state index is 12.1. The van der Waals surface area contributed by atoms with Gasteiger partial charge in [-0.05, 0) is 18.9 Å². The summed E-state index contributed by atoms with van der Waals surface area (Å²) in [7, 11) is 3.10. The number of carbonyl (C=O) groups is 2. The molecule has 8 nitrogen and oxygen atoms in total. The van der Waals surface area contributed by atoms with Crippen LogP contribution >= 0.6 is 0 Å². The number of fused-ring (bicyclic) bond motifs is 1. The van der Waals surface area contributed by atoms with E-state index >= 15 is 0 Å². The van der Waals surface area contributed by atoms with Crippen molar-refractivity contribution in [2.24, 2.45) is 0 Å². The number of rotatable bonds is 4. The quantitative estimate of drug-likeness (QED) is 0.878. The summed E-state index contributed by atoms with van der Waals surface area (Å²) in [5, 5.41) is 6.93. The Balaban J connectivity index is 1.90. The fourth-order valence-corrected chi connectivity index (χ4v) is 3.17. The van der Waals surface area contributed by atoms with Crippen LogP contribution in [0.2, 0.25) is 0 Å². The lowest BCUT2D eigenvalue weighted by molar-refractivity contribution is -0.136. The summed E-state index contributed by atoms with van der Waals surface area (Å²) in [6.45, 7) is 1.47. The lowest BCUT2D eigenvalue weighted by Gasteiger charge is -2.32. The van der Waals surface area contributed by atoms with Crippen molar-refractivity contribution in [2.75, 3.05) is 33.9 Å². The molecule has 128 valence electrons. The zero-order valence-corrected chi connectivity index (χ0v) is 13.9. The van der Waals surface area contributed by atoms with E-state index in [0.29, 0.717) is 17.8 Å². The second kappa shape index (κ2) is 6.96. The van der Waals surface area contributed by atoms with E-state index in [1.165, 1.54) is 13.3 Å². The average Bonchev–Trinajstić information content (AvgIpc) is 3.05. The van der Waals surface area contributed by atoms with Gasteiger partial charge < -0.3 is 15.0 Å². The summed E-state index contributed by atoms with van der Waals surface area (Å²) < 4.78 is 6.65. The maximum Gasteiger partial charge on any atom is 0.256 e. The largest absolute Gasteiger partial charge is 0.375 e. The third-order valence-electron chi connectivity index (χ3n) is 4.36. The molecule has 0 radical (unpaired) electrons. The van der Waals surface area contributed by atoms with Crippen LogP contribution < -0.4 is 5.32 Å². The smallest absolute Gasteiger partial charge is 0.256 e. The van der Waals surface area contributed by atoms with Gasteiger partial charge in [-0.1, -0.05) is 0 Å². The van der Waals surface area contributed by atoms with Crippen LogP contribution in [0.5, 0.6) is 0 Å². The molecule has 2 amide bonds. The Labute approximate surface area is 139 Å². The van der Waals surface area contributed by atoms with E-state index in [2.05, 4.69) is 15.4 Å². The van der Waals surface area contributed by atoms with Crippen LogP contribution in [0.15, 0.2) is 18.5 Å². The normalized spacial score (nSPS) is 17.9. The van der Waals surface area contributed by atoms with Gasteiger partial charge in [0.05, 0.1) is 11.9 Å². The van der Waals surface area contributed by atoms with Crippen molar-refractivity contribution in [1.82, 2.24) is 24.8 Å². The zero-order valence-electron chi connectivity index (χ0n) is 13.9. The molecular formula is C16H21N5O3. The second-order valence-electron chi connectivity index (χ2n) is 5.85. The zero-order chi connectivity index (χ0) is 17.1. The molecule has 2 aromatic rings. The first kappa shape index (κ1) is 16.4. The van der Waals surface area contributed by atoms with Crippen molar-refractivity contribution in [1.29, 1.82) is 0 Å². The first-order valence-corrected chi connectivity index (χ1v) is 7.97. The van der Waals surface area contributed by atoms with Crippen LogP contribution in [0, 0.1) is 0 Å². The van der Waals surface area contributed by atoms with E-state index in [0.717, 1.165) is 25.1 Å². The number of piperidine rings is 1. The number of carbonyl (C=O) groups excluding carboxylic acids is 2. The molecule has 0 saturated carbocycles. The summed E-state index contributed by atoms with van der Waals surface area (Å²) in [6, 6.07) is 1.91. The summed E-state index contributed by atoms with van der Waals surface area (Å²) in [5.41, 5.74) is 1.94. The molecule has 24 heavy (non-hydrogen) atoms. The summed E-state index contributed by atoms with van der Waals surface area (Å²) in [5.74, 6) is -0.0586. The van der Waals surface area contributed by atoms with Crippen molar-refractivity contribution >= 4 is 17.5 Å². The Morgan fingerprint density at radius 2 is 2.29 bits per heavy atom. The number of methoxy groups -OCH3 is 1. The predicted molar refractivity (Wildman–Crippen MR) is 86.8 cm³/mol. The van der Waals surface area contributed by atoms with Crippen molar-refractivity contribution in [3.63, 3.8) is 0 Å². The van der Waals surface area contributed by atoms with Gasteiger partial charge in [-0.2, -0.15) is 5.10 Å². The summed E-state index contributed by atoms with van der Waals surface area (Å²) in [4.78, 5) is 30.1. The third kappa shape index (κ3) is 2.96. The number of hydrogen-bond acceptors (Lipinski definition) is 5. The Morgan fingerprint density at radius 3 is 3.04 bits per heavy atom. The third-order valence-corrected chi connectivity index (χ3v) is 4.36. The van der Waals surface area contributed by atoms with Crippen LogP contribution in [-0.2, 0) is 9.53 Å². The summed E-state index contributed by atoms with van der Waals surface area (Å²) >= 11 is 0. The van der Waals surface area contributed by atoms with E-state index in [1.807, 2.05) is 11.0 Å². The van der Waals surface area contributed by atoms with Gasteiger partial charge in [0.1, 0.15) is 12.2 Å². The number of hydrogen-bond donors (Lipinski definition) is 1. The predicted octanol–water partition coefficient (Wildman–Crippen LogP) is 0.441. The Morgan fingerprint density at radius 1 is 1.46 bits per heavy atom. The fraction of sp³-hybridized carbons (Fsp3) is 0.500. The van der Waals surface area contributed by atoms with E-state index in [1.54, 1.807) is 17.8 Å². The lowest BCUT2D eigenvalue weighted by Crippen LogP contribution is -2.41. The SMILES string of the molecule is CNC(=O)c1cnn2c([C@@H]3CCCN(C(=O)COC)C3)ccnc12. The van der Waals surface area contributed by atoms with Gasteiger partial charge in [0.15, 0.2) is 5.65 Å². The highest BCUT2D eigenvalue weighted by Gasteiger charge is 2.27. The molecular weight excluding hydrogens is 310 g/mol. The highest BCUT2D eigenvalue weighted by molar-refractivity contribution is 5.99. The monoisotopic (exact) mass is 331 g/mol. The molecule has 1 N–H and O–H groups in total. The molecule has 1 fully saturated rings. The Bertz CT molecular complexity index is 757. The Kier molecular flexibility index (Phi) is 4.75. The van der Waals surface area contributed by atoms with Crippen molar-refractivity contribution < 1.29 is 14.3 Å². The Hall–Kier alpha value is -2.48. The molecule has 3 heterocycles. The highest BCUT2D eigenvalue weighted by Crippen LogP contribution is 2.27. The molecule has 3 rings (SSSR count). The van der Waals surface area contributed by atoms with Crippen LogP contribution in [0.3, 0.4) is 0 Å². The standard InChI is InChI=1S/C16H21N5O3/c1-17-16(23)12-8-19-21-13(5-6-18-15(12)21)11-4-3-7-20(9-11)14(22)10-24-2/h5-6,8,11H,3-4,7,9-10H2,1-2H3,(H,17,23)/t11-/m1/s1. The molecule has 1 saturated heterocycles. The van der Waals surface area contributed by atoms with Gasteiger partial charge in [-0.3, -0.25) is 9.59 Å². The maximum absolute atomic E-state index is 12.1. The minimum absolute atomic E-state index is 0.000912. The minimum atomic E-state index is -0.213. The first-order chi connectivity index (χ1) is 11.7. The number of likely N-dealkylation sites (tertiary alicyclic amines) is 1. The highest BCUT2D eigenvalue weighted by atomic mass is 16.5. The summed E-state index contributed by atoms with van der Waals surface area (Å²) in [6.07, 6.45) is 5.11. The number of nitrogens with zero attached hydrogens (tertiary/aromatic N) is 4. The van der Waals surface area contributed by atoms with Crippen molar-refractivity contribution in [2.45, 2.75) is 18.8 Å². The van der Waals surface area contributed by atoms with Gasteiger partial charge in [0.25, 0.3) is 5.91 Å². The second-order valence-corrected chi connectivity index (χ2v) is 5.85. The van der Waals surface area contributed by atoms with E-state index < -0.39 is 0 Å². The molecule has 1 aliphatic heterocycles. The van der Waals surface area contributed by atoms with Crippen LogP contribution in [0.4, 0.5) is 0 Å². The molecule has 1 aliphatic rings. The number of ether oxygens (including phenoxy) is 1. The van der Waals surface area contributed by atoms with Crippen molar-refractivity contribution in [3.8, 4) is 0 Å². The van der Waals surface area contributed by atoms with E-state index in [4.69, 9.17) is 4.74 Å². The fourth-order valence-electron chi connectivity index (χ4n) is 3.17. The number of aromatic nitrogens is 3. The van der Waals surface area contributed by atoms with E-state index in [9.17, 15) is 9.59 Å². The number of amides is 2. The van der Waals surface area contributed by atoms with Crippen molar-refractivity contribution in [3.05, 3.63) is 29.7 Å². The van der Waals surface area contributed by atoms with Gasteiger partial charge in [-0.25, -0.2) is 9.50 Å². The topological polar surface area (TPSA) is 88.8 Å². The van der Waals surface area contributed by atoms with Gasteiger partial charge in [0, 0.05) is 39.4 Å². The average molecular weight is 331 g/mol. The molecule has 2 aromatic heterocycles.